The molecule has 4 heteroatoms. The Bertz CT molecular complexity index is 8.00. The second-order valence-corrected chi connectivity index (χ2v) is 0. The second kappa shape index (κ2) is 44.3. The zero-order valence-corrected chi connectivity index (χ0v) is 5.83. The molecule has 0 radical (unpaired) electrons. The third kappa shape index (κ3) is 13.7. The quantitative estimate of drug-likeness (QED) is 0.265. The number of hydrogen-bond donors (Lipinski definition) is 2. The molecule has 0 spiro atoms. The Balaban J connectivity index is -0.00000000500. The zero-order chi connectivity index (χ0) is 2.00. The van der Waals surface area contributed by atoms with Gasteiger partial charge in [-0.25, -0.2) is 5.90 Å². The first-order valence-electron chi connectivity index (χ1n) is 0.258. The van der Waals surface area contributed by atoms with Crippen LogP contribution in [0.1, 0.15) is 0 Å². The maximum atomic E-state index is 6.50. The summed E-state index contributed by atoms with van der Waals surface area (Å²) in [4.78, 5) is 0. The van der Waals surface area contributed by atoms with Gasteiger partial charge in [0.1, 0.15) is 0 Å². The van der Waals surface area contributed by atoms with Gasteiger partial charge >= 0.3 is 19.5 Å². The average molecular weight is 134 g/mol. The molecule has 0 fully saturated rings. The number of hydrogen-bond acceptors (Lipinski definition) is 2. The fraction of sp³-hybridized carbons (Fsp3) is 0. The molecule has 2 nitrogen and oxygen atoms in total. The third-order valence-corrected chi connectivity index (χ3v) is 0. The minimum atomic E-state index is 0. The standard InChI is InChI=1S/ClH.H3NO.Zn/c;1-2;/h1H;2H,1H2;/q;;+2/p-1. The molecule has 0 rings (SSSR count). The van der Waals surface area contributed by atoms with Crippen LogP contribution in [0.25, 0.3) is 0 Å². The molecule has 0 unspecified atom stereocenters. The Hall–Kier alpha value is 0.833. The van der Waals surface area contributed by atoms with Gasteiger partial charge in [-0.3, -0.25) is 0 Å². The summed E-state index contributed by atoms with van der Waals surface area (Å²) in [6.07, 6.45) is 0. The Labute approximate surface area is 43.5 Å². The van der Waals surface area contributed by atoms with Crippen LogP contribution in [0, 0.1) is 0 Å². The van der Waals surface area contributed by atoms with Crippen molar-refractivity contribution in [1.82, 2.24) is 0 Å². The second-order valence-electron chi connectivity index (χ2n) is 0. The van der Waals surface area contributed by atoms with E-state index in [2.05, 4.69) is 5.90 Å². The molecule has 0 amide bonds. The van der Waals surface area contributed by atoms with Gasteiger partial charge in [0, 0.05) is 0 Å². The van der Waals surface area contributed by atoms with Crippen molar-refractivity contribution in [1.29, 1.82) is 0 Å². The normalized spacial score (nSPS) is 1.50. The first kappa shape index (κ1) is 21.1. The van der Waals surface area contributed by atoms with Gasteiger partial charge in [0.15, 0.2) is 0 Å². The number of halogens is 1. The van der Waals surface area contributed by atoms with Crippen LogP contribution >= 0.6 is 0 Å². The van der Waals surface area contributed by atoms with E-state index in [1.165, 1.54) is 0 Å². The minimum Gasteiger partial charge on any atom is -1.00 e. The summed E-state index contributed by atoms with van der Waals surface area (Å²) in [5.74, 6) is 3.50. The molecule has 0 aliphatic heterocycles. The van der Waals surface area contributed by atoms with Crippen molar-refractivity contribution >= 4 is 0 Å². The summed E-state index contributed by atoms with van der Waals surface area (Å²) >= 11 is 0. The van der Waals surface area contributed by atoms with Gasteiger partial charge in [-0.05, 0) is 0 Å². The smallest absolute Gasteiger partial charge is 1.00 e. The summed E-state index contributed by atoms with van der Waals surface area (Å²) < 4.78 is 0. The predicted molar refractivity (Wildman–Crippen MR) is 5.97 cm³/mol. The van der Waals surface area contributed by atoms with Gasteiger partial charge in [0.2, 0.25) is 0 Å². The fourth-order valence-corrected chi connectivity index (χ4v) is 0. The van der Waals surface area contributed by atoms with Gasteiger partial charge in [0.25, 0.3) is 0 Å². The Morgan fingerprint density at radius 3 is 1.25 bits per heavy atom. The van der Waals surface area contributed by atoms with Crippen LogP contribution in [0.4, 0.5) is 0 Å². The van der Waals surface area contributed by atoms with E-state index in [9.17, 15) is 0 Å². The van der Waals surface area contributed by atoms with Gasteiger partial charge < -0.3 is 17.6 Å². The molecule has 22 valence electrons. The Morgan fingerprint density at radius 1 is 1.25 bits per heavy atom. The minimum absolute atomic E-state index is 0. The van der Waals surface area contributed by atoms with Crippen molar-refractivity contribution in [2.75, 3.05) is 0 Å². The predicted octanol–water partition coefficient (Wildman–Crippen LogP) is -3.66. The molecule has 3 N–H and O–H groups in total. The monoisotopic (exact) mass is 132 g/mol. The molecule has 0 aromatic rings. The molecular formula is H3ClNOZn+. The van der Waals surface area contributed by atoms with Crippen LogP contribution in [-0.2, 0) is 19.5 Å². The molecule has 0 aliphatic carbocycles. The SMILES string of the molecule is NO.[Cl-].[Zn+2]. The molecule has 0 aromatic carbocycles. The molecule has 0 saturated heterocycles. The largest absolute Gasteiger partial charge is 2.00 e. The molecular weight excluding hydrogens is 131 g/mol. The molecule has 0 saturated carbocycles. The van der Waals surface area contributed by atoms with Crippen LogP contribution in [0.5, 0.6) is 0 Å². The Kier molecular flexibility index (Phi) is 234. The van der Waals surface area contributed by atoms with Crippen molar-refractivity contribution in [3.63, 3.8) is 0 Å². The van der Waals surface area contributed by atoms with E-state index in [-0.39, 0.29) is 31.9 Å². The maximum absolute atomic E-state index is 6.50. The maximum Gasteiger partial charge on any atom is 2.00 e. The van der Waals surface area contributed by atoms with E-state index < -0.39 is 0 Å². The van der Waals surface area contributed by atoms with E-state index in [0.717, 1.165) is 0 Å². The van der Waals surface area contributed by atoms with Gasteiger partial charge in [-0.15, -0.1) is 0 Å². The zero-order valence-electron chi connectivity index (χ0n) is 2.11. The van der Waals surface area contributed by atoms with Crippen LogP contribution in [-0.4, -0.2) is 5.21 Å². The van der Waals surface area contributed by atoms with E-state index in [4.69, 9.17) is 5.21 Å². The molecule has 0 bridgehead atoms. The fourth-order valence-electron chi connectivity index (χ4n) is 0. The van der Waals surface area contributed by atoms with Gasteiger partial charge in [0.05, 0.1) is 0 Å². The summed E-state index contributed by atoms with van der Waals surface area (Å²) in [6, 6.07) is 0. The van der Waals surface area contributed by atoms with Crippen molar-refractivity contribution in [3.8, 4) is 0 Å². The third-order valence-electron chi connectivity index (χ3n) is 0. The van der Waals surface area contributed by atoms with E-state index in [0.29, 0.717) is 0 Å². The van der Waals surface area contributed by atoms with Gasteiger partial charge in [-0.2, -0.15) is 0 Å². The molecule has 0 heterocycles. The first-order valence-corrected chi connectivity index (χ1v) is 0.258. The summed E-state index contributed by atoms with van der Waals surface area (Å²) in [6.45, 7) is 0. The van der Waals surface area contributed by atoms with E-state index in [1.54, 1.807) is 0 Å². The van der Waals surface area contributed by atoms with Crippen molar-refractivity contribution in [2.45, 2.75) is 0 Å². The molecule has 0 aliphatic rings. The first-order chi connectivity index (χ1) is 1.00. The summed E-state index contributed by atoms with van der Waals surface area (Å²) in [7, 11) is 0. The molecule has 0 aromatic heterocycles. The topological polar surface area (TPSA) is 46.2 Å². The number of nitrogens with two attached hydrogens (primary N) is 1. The van der Waals surface area contributed by atoms with Crippen molar-refractivity contribution < 1.29 is 37.1 Å². The van der Waals surface area contributed by atoms with Crippen molar-refractivity contribution in [2.24, 2.45) is 5.90 Å². The number of rotatable bonds is 0. The molecule has 4 heavy (non-hydrogen) atoms. The summed E-state index contributed by atoms with van der Waals surface area (Å²) in [5.41, 5.74) is 0. The average Bonchev–Trinajstić information content (AvgIpc) is 1.00. The van der Waals surface area contributed by atoms with Crippen LogP contribution < -0.4 is 18.3 Å². The summed E-state index contributed by atoms with van der Waals surface area (Å²) in [5, 5.41) is 6.50. The van der Waals surface area contributed by atoms with Crippen LogP contribution in [0.3, 0.4) is 0 Å². The van der Waals surface area contributed by atoms with E-state index >= 15 is 0 Å². The van der Waals surface area contributed by atoms with Crippen LogP contribution in [0.15, 0.2) is 0 Å². The van der Waals surface area contributed by atoms with Gasteiger partial charge in [-0.1, -0.05) is 0 Å². The Morgan fingerprint density at radius 2 is 1.25 bits per heavy atom. The van der Waals surface area contributed by atoms with Crippen molar-refractivity contribution in [3.05, 3.63) is 0 Å². The van der Waals surface area contributed by atoms with E-state index in [1.807, 2.05) is 0 Å². The van der Waals surface area contributed by atoms with Crippen LogP contribution in [0.2, 0.25) is 0 Å². The molecule has 0 atom stereocenters.